The van der Waals surface area contributed by atoms with E-state index in [-0.39, 0.29) is 16.7 Å². The number of hydrogen-bond acceptors (Lipinski definition) is 3. The fourth-order valence-corrected chi connectivity index (χ4v) is 4.24. The zero-order chi connectivity index (χ0) is 21.0. The predicted molar refractivity (Wildman–Crippen MR) is 117 cm³/mol. The molecule has 0 spiro atoms. The van der Waals surface area contributed by atoms with E-state index < -0.39 is 10.0 Å². The molecule has 0 aliphatic carbocycles. The van der Waals surface area contributed by atoms with Crippen molar-refractivity contribution in [1.82, 2.24) is 0 Å². The summed E-state index contributed by atoms with van der Waals surface area (Å²) in [4.78, 5) is 12.9. The van der Waals surface area contributed by atoms with Gasteiger partial charge in [-0.15, -0.1) is 0 Å². The SMILES string of the molecule is CC(C)c1ccccc1NC(=O)c1ccc(N(C)S(=O)(=O)c2ccccc2)cc1. The Morgan fingerprint density at radius 3 is 2.07 bits per heavy atom. The molecule has 0 atom stereocenters. The Hall–Kier alpha value is -3.12. The molecule has 3 aromatic rings. The molecular weight excluding hydrogens is 384 g/mol. The van der Waals surface area contributed by atoms with Crippen LogP contribution in [0, 0.1) is 0 Å². The summed E-state index contributed by atoms with van der Waals surface area (Å²) in [5.74, 6) is 0.0453. The van der Waals surface area contributed by atoms with E-state index in [1.54, 1.807) is 54.6 Å². The van der Waals surface area contributed by atoms with Crippen molar-refractivity contribution in [2.45, 2.75) is 24.7 Å². The Bertz CT molecular complexity index is 1090. The first-order valence-corrected chi connectivity index (χ1v) is 10.8. The van der Waals surface area contributed by atoms with E-state index in [1.165, 1.54) is 11.4 Å². The second-order valence-electron chi connectivity index (χ2n) is 7.03. The maximum absolute atomic E-state index is 12.7. The number of hydrogen-bond donors (Lipinski definition) is 1. The van der Waals surface area contributed by atoms with Crippen LogP contribution in [0.15, 0.2) is 83.8 Å². The highest BCUT2D eigenvalue weighted by molar-refractivity contribution is 7.92. The number of para-hydroxylation sites is 1. The number of nitrogens with one attached hydrogen (secondary N) is 1. The summed E-state index contributed by atoms with van der Waals surface area (Å²) < 4.78 is 26.7. The molecular formula is C23H24N2O3S. The molecule has 0 bridgehead atoms. The molecule has 0 heterocycles. The molecule has 0 unspecified atom stereocenters. The third kappa shape index (κ3) is 4.49. The van der Waals surface area contributed by atoms with Crippen molar-refractivity contribution in [2.75, 3.05) is 16.7 Å². The summed E-state index contributed by atoms with van der Waals surface area (Å²) in [6.07, 6.45) is 0. The number of carbonyl (C=O) groups is 1. The van der Waals surface area contributed by atoms with Crippen molar-refractivity contribution in [1.29, 1.82) is 0 Å². The zero-order valence-electron chi connectivity index (χ0n) is 16.7. The van der Waals surface area contributed by atoms with Crippen LogP contribution in [0.3, 0.4) is 0 Å². The first-order chi connectivity index (χ1) is 13.8. The van der Waals surface area contributed by atoms with Gasteiger partial charge in [-0.05, 0) is 53.9 Å². The molecule has 0 aliphatic heterocycles. The van der Waals surface area contributed by atoms with E-state index in [0.717, 1.165) is 11.3 Å². The van der Waals surface area contributed by atoms with Gasteiger partial charge < -0.3 is 5.32 Å². The maximum atomic E-state index is 12.7. The number of carbonyl (C=O) groups excluding carboxylic acids is 1. The van der Waals surface area contributed by atoms with E-state index in [0.29, 0.717) is 11.3 Å². The van der Waals surface area contributed by atoms with E-state index >= 15 is 0 Å². The minimum Gasteiger partial charge on any atom is -0.322 e. The molecule has 1 N–H and O–H groups in total. The van der Waals surface area contributed by atoms with Gasteiger partial charge in [0.25, 0.3) is 15.9 Å². The van der Waals surface area contributed by atoms with Crippen LogP contribution < -0.4 is 9.62 Å². The Morgan fingerprint density at radius 2 is 1.45 bits per heavy atom. The van der Waals surface area contributed by atoms with Gasteiger partial charge in [-0.3, -0.25) is 9.10 Å². The normalized spacial score (nSPS) is 11.3. The highest BCUT2D eigenvalue weighted by Crippen LogP contribution is 2.25. The zero-order valence-corrected chi connectivity index (χ0v) is 17.5. The monoisotopic (exact) mass is 408 g/mol. The summed E-state index contributed by atoms with van der Waals surface area (Å²) in [5, 5.41) is 2.94. The topological polar surface area (TPSA) is 66.5 Å². The van der Waals surface area contributed by atoms with Gasteiger partial charge in [-0.25, -0.2) is 8.42 Å². The highest BCUT2D eigenvalue weighted by atomic mass is 32.2. The van der Waals surface area contributed by atoms with Crippen molar-refractivity contribution >= 4 is 27.3 Å². The van der Waals surface area contributed by atoms with Crippen molar-refractivity contribution in [3.63, 3.8) is 0 Å². The standard InChI is InChI=1S/C23H24N2O3S/c1-17(2)21-11-7-8-12-22(21)24-23(26)18-13-15-19(16-14-18)25(3)29(27,28)20-9-5-4-6-10-20/h4-17H,1-3H3,(H,24,26). The first-order valence-electron chi connectivity index (χ1n) is 9.35. The van der Waals surface area contributed by atoms with E-state index in [4.69, 9.17) is 0 Å². The molecule has 0 aliphatic rings. The summed E-state index contributed by atoms with van der Waals surface area (Å²) >= 11 is 0. The molecule has 0 fully saturated rings. The van der Waals surface area contributed by atoms with E-state index in [2.05, 4.69) is 19.2 Å². The Labute approximate surface area is 172 Å². The number of sulfonamides is 1. The van der Waals surface area contributed by atoms with Crippen LogP contribution in [0.2, 0.25) is 0 Å². The lowest BCUT2D eigenvalue weighted by Gasteiger charge is -2.20. The third-order valence-corrected chi connectivity index (χ3v) is 6.53. The molecule has 0 saturated heterocycles. The number of rotatable bonds is 6. The molecule has 150 valence electrons. The second kappa shape index (κ2) is 8.49. The average molecular weight is 409 g/mol. The molecule has 5 nitrogen and oxygen atoms in total. The lowest BCUT2D eigenvalue weighted by atomic mass is 10.0. The lowest BCUT2D eigenvalue weighted by molar-refractivity contribution is 0.102. The minimum atomic E-state index is -3.66. The molecule has 1 amide bonds. The summed E-state index contributed by atoms with van der Waals surface area (Å²) in [5.41, 5.74) is 2.78. The first kappa shape index (κ1) is 20.6. The average Bonchev–Trinajstić information content (AvgIpc) is 2.74. The van der Waals surface area contributed by atoms with Crippen molar-refractivity contribution in [3.05, 3.63) is 90.0 Å². The summed E-state index contributed by atoms with van der Waals surface area (Å²) in [7, 11) is -2.16. The van der Waals surface area contributed by atoms with Crippen LogP contribution in [0.5, 0.6) is 0 Å². The molecule has 0 radical (unpaired) electrons. The second-order valence-corrected chi connectivity index (χ2v) is 9.00. The molecule has 3 rings (SSSR count). The van der Waals surface area contributed by atoms with Crippen LogP contribution in [-0.4, -0.2) is 21.4 Å². The van der Waals surface area contributed by atoms with Gasteiger partial charge in [0.1, 0.15) is 0 Å². The van der Waals surface area contributed by atoms with Gasteiger partial charge in [0.05, 0.1) is 10.6 Å². The number of benzene rings is 3. The molecule has 0 saturated carbocycles. The quantitative estimate of drug-likeness (QED) is 0.632. The van der Waals surface area contributed by atoms with E-state index in [9.17, 15) is 13.2 Å². The summed E-state index contributed by atoms with van der Waals surface area (Å²) in [6, 6.07) is 22.5. The van der Waals surface area contributed by atoms with Gasteiger partial charge in [-0.2, -0.15) is 0 Å². The van der Waals surface area contributed by atoms with Crippen LogP contribution in [-0.2, 0) is 10.0 Å². The van der Waals surface area contributed by atoms with Gasteiger partial charge in [0, 0.05) is 18.3 Å². The Morgan fingerprint density at radius 1 is 0.862 bits per heavy atom. The molecule has 0 aromatic heterocycles. The van der Waals surface area contributed by atoms with Crippen molar-refractivity contribution < 1.29 is 13.2 Å². The van der Waals surface area contributed by atoms with Crippen LogP contribution >= 0.6 is 0 Å². The van der Waals surface area contributed by atoms with Gasteiger partial charge >= 0.3 is 0 Å². The number of nitrogens with zero attached hydrogens (tertiary/aromatic N) is 1. The number of amides is 1. The lowest BCUT2D eigenvalue weighted by Crippen LogP contribution is -2.26. The number of anilines is 2. The van der Waals surface area contributed by atoms with E-state index in [1.807, 2.05) is 24.3 Å². The highest BCUT2D eigenvalue weighted by Gasteiger charge is 2.21. The van der Waals surface area contributed by atoms with Crippen LogP contribution in [0.1, 0.15) is 35.7 Å². The van der Waals surface area contributed by atoms with Gasteiger partial charge in [0.15, 0.2) is 0 Å². The fourth-order valence-electron chi connectivity index (χ4n) is 3.02. The Kier molecular flexibility index (Phi) is 6.03. The molecule has 3 aromatic carbocycles. The third-order valence-electron chi connectivity index (χ3n) is 4.73. The van der Waals surface area contributed by atoms with Crippen LogP contribution in [0.25, 0.3) is 0 Å². The summed E-state index contributed by atoms with van der Waals surface area (Å²) in [6.45, 7) is 4.14. The maximum Gasteiger partial charge on any atom is 0.264 e. The molecule has 6 heteroatoms. The Balaban J connectivity index is 1.79. The van der Waals surface area contributed by atoms with Gasteiger partial charge in [-0.1, -0.05) is 50.2 Å². The van der Waals surface area contributed by atoms with Crippen molar-refractivity contribution in [3.8, 4) is 0 Å². The largest absolute Gasteiger partial charge is 0.322 e. The smallest absolute Gasteiger partial charge is 0.264 e. The van der Waals surface area contributed by atoms with Crippen LogP contribution in [0.4, 0.5) is 11.4 Å². The fraction of sp³-hybridized carbons (Fsp3) is 0.174. The molecule has 29 heavy (non-hydrogen) atoms. The van der Waals surface area contributed by atoms with Crippen molar-refractivity contribution in [2.24, 2.45) is 0 Å². The predicted octanol–water partition coefficient (Wildman–Crippen LogP) is 4.89. The minimum absolute atomic E-state index is 0.217. The van der Waals surface area contributed by atoms with Gasteiger partial charge in [0.2, 0.25) is 0 Å².